The molecular formula is C12H9BrClNO. The zero-order valence-corrected chi connectivity index (χ0v) is 10.9. The van der Waals surface area contributed by atoms with Crippen LogP contribution in [0.25, 0.3) is 0 Å². The molecule has 1 heterocycles. The van der Waals surface area contributed by atoms with Gasteiger partial charge in [-0.15, -0.1) is 0 Å². The molecule has 1 aromatic heterocycles. The molecule has 0 saturated carbocycles. The topological polar surface area (TPSA) is 22.1 Å². The number of benzene rings is 1. The lowest BCUT2D eigenvalue weighted by Crippen LogP contribution is -1.88. The maximum Gasteiger partial charge on any atom is 0.146 e. The molecule has 0 atom stereocenters. The van der Waals surface area contributed by atoms with Crippen molar-refractivity contribution in [1.29, 1.82) is 0 Å². The molecule has 2 rings (SSSR count). The van der Waals surface area contributed by atoms with Crippen LogP contribution in [0.2, 0.25) is 5.02 Å². The first-order chi connectivity index (χ1) is 7.65. The number of hydrogen-bond acceptors (Lipinski definition) is 2. The van der Waals surface area contributed by atoms with Crippen molar-refractivity contribution < 1.29 is 4.74 Å². The molecule has 16 heavy (non-hydrogen) atoms. The van der Waals surface area contributed by atoms with Crippen molar-refractivity contribution in [2.75, 3.05) is 0 Å². The third kappa shape index (κ3) is 2.74. The summed E-state index contributed by atoms with van der Waals surface area (Å²) < 4.78 is 6.58. The molecule has 0 fully saturated rings. The van der Waals surface area contributed by atoms with Crippen molar-refractivity contribution >= 4 is 27.5 Å². The van der Waals surface area contributed by atoms with Crippen LogP contribution >= 0.6 is 27.5 Å². The van der Waals surface area contributed by atoms with E-state index in [1.165, 1.54) is 0 Å². The fourth-order valence-corrected chi connectivity index (χ4v) is 1.87. The quantitative estimate of drug-likeness (QED) is 0.808. The Morgan fingerprint density at radius 1 is 1.25 bits per heavy atom. The van der Waals surface area contributed by atoms with Crippen LogP contribution < -0.4 is 4.74 Å². The highest BCUT2D eigenvalue weighted by molar-refractivity contribution is 9.10. The number of nitrogens with zero attached hydrogens (tertiary/aromatic N) is 1. The Bertz CT molecular complexity index is 516. The normalized spacial score (nSPS) is 10.2. The minimum atomic E-state index is 0.694. The van der Waals surface area contributed by atoms with Crippen molar-refractivity contribution in [2.24, 2.45) is 0 Å². The second kappa shape index (κ2) is 4.85. The van der Waals surface area contributed by atoms with Crippen LogP contribution in [0.3, 0.4) is 0 Å². The standard InChI is InChI=1S/C12H9BrClNO/c1-8-4-10(14)2-3-12(8)16-11-5-9(13)6-15-7-11/h2-7H,1H3. The number of ether oxygens (including phenoxy) is 1. The Morgan fingerprint density at radius 3 is 2.75 bits per heavy atom. The molecule has 0 aliphatic rings. The van der Waals surface area contributed by atoms with Crippen molar-refractivity contribution in [3.05, 3.63) is 51.7 Å². The van der Waals surface area contributed by atoms with E-state index in [0.717, 1.165) is 15.8 Å². The predicted octanol–water partition coefficient (Wildman–Crippen LogP) is 4.60. The highest BCUT2D eigenvalue weighted by Gasteiger charge is 2.02. The van der Waals surface area contributed by atoms with E-state index in [4.69, 9.17) is 16.3 Å². The third-order valence-corrected chi connectivity index (χ3v) is 2.71. The third-order valence-electron chi connectivity index (χ3n) is 2.04. The van der Waals surface area contributed by atoms with E-state index in [2.05, 4.69) is 20.9 Å². The van der Waals surface area contributed by atoms with Gasteiger partial charge in [-0.1, -0.05) is 11.6 Å². The molecule has 2 aromatic rings. The molecule has 0 aliphatic heterocycles. The number of pyridine rings is 1. The van der Waals surface area contributed by atoms with E-state index >= 15 is 0 Å². The van der Waals surface area contributed by atoms with Crippen LogP contribution in [0.1, 0.15) is 5.56 Å². The predicted molar refractivity (Wildman–Crippen MR) is 68.2 cm³/mol. The average molecular weight is 299 g/mol. The second-order valence-electron chi connectivity index (χ2n) is 3.35. The molecule has 0 saturated heterocycles. The maximum atomic E-state index is 5.87. The maximum absolute atomic E-state index is 5.87. The lowest BCUT2D eigenvalue weighted by Gasteiger charge is -2.08. The average Bonchev–Trinajstić information content (AvgIpc) is 2.22. The monoisotopic (exact) mass is 297 g/mol. The summed E-state index contributed by atoms with van der Waals surface area (Å²) in [6, 6.07) is 7.37. The van der Waals surface area contributed by atoms with Crippen LogP contribution in [0, 0.1) is 6.92 Å². The fourth-order valence-electron chi connectivity index (χ4n) is 1.30. The van der Waals surface area contributed by atoms with E-state index in [1.54, 1.807) is 18.5 Å². The van der Waals surface area contributed by atoms with E-state index in [0.29, 0.717) is 10.8 Å². The van der Waals surface area contributed by atoms with Crippen LogP contribution in [0.15, 0.2) is 41.1 Å². The van der Waals surface area contributed by atoms with Gasteiger partial charge in [-0.05, 0) is 52.7 Å². The van der Waals surface area contributed by atoms with Crippen molar-refractivity contribution in [3.63, 3.8) is 0 Å². The summed E-state index contributed by atoms with van der Waals surface area (Å²) in [5.41, 5.74) is 0.993. The molecule has 82 valence electrons. The van der Waals surface area contributed by atoms with Gasteiger partial charge in [-0.2, -0.15) is 0 Å². The zero-order chi connectivity index (χ0) is 11.5. The molecule has 0 N–H and O–H groups in total. The Balaban J connectivity index is 2.27. The molecule has 0 amide bonds. The largest absolute Gasteiger partial charge is 0.455 e. The smallest absolute Gasteiger partial charge is 0.146 e. The number of halogens is 2. The summed E-state index contributed by atoms with van der Waals surface area (Å²) in [7, 11) is 0. The van der Waals surface area contributed by atoms with Crippen LogP contribution in [-0.4, -0.2) is 4.98 Å². The van der Waals surface area contributed by atoms with E-state index in [1.807, 2.05) is 25.1 Å². The molecule has 0 spiro atoms. The van der Waals surface area contributed by atoms with Gasteiger partial charge in [0.2, 0.25) is 0 Å². The summed E-state index contributed by atoms with van der Waals surface area (Å²) in [5, 5.41) is 0.706. The first kappa shape index (κ1) is 11.4. The first-order valence-electron chi connectivity index (χ1n) is 4.70. The number of aryl methyl sites for hydroxylation is 1. The molecule has 4 heteroatoms. The summed E-state index contributed by atoms with van der Waals surface area (Å²) in [6.45, 7) is 1.95. The van der Waals surface area contributed by atoms with E-state index in [9.17, 15) is 0 Å². The zero-order valence-electron chi connectivity index (χ0n) is 8.58. The van der Waals surface area contributed by atoms with Crippen molar-refractivity contribution in [2.45, 2.75) is 6.92 Å². The second-order valence-corrected chi connectivity index (χ2v) is 4.70. The van der Waals surface area contributed by atoms with Gasteiger partial charge in [0.1, 0.15) is 11.5 Å². The Hall–Kier alpha value is -1.06. The van der Waals surface area contributed by atoms with Gasteiger partial charge in [0, 0.05) is 15.7 Å². The van der Waals surface area contributed by atoms with Crippen LogP contribution in [0.5, 0.6) is 11.5 Å². The number of hydrogen-bond donors (Lipinski definition) is 0. The summed E-state index contributed by atoms with van der Waals surface area (Å²) in [6.07, 6.45) is 3.38. The Labute approximate surface area is 107 Å². The van der Waals surface area contributed by atoms with Crippen LogP contribution in [0.4, 0.5) is 0 Å². The van der Waals surface area contributed by atoms with Gasteiger partial charge in [0.15, 0.2) is 0 Å². The Kier molecular flexibility index (Phi) is 3.46. The van der Waals surface area contributed by atoms with Crippen LogP contribution in [-0.2, 0) is 0 Å². The van der Waals surface area contributed by atoms with Gasteiger partial charge in [-0.25, -0.2) is 0 Å². The molecule has 0 unspecified atom stereocenters. The number of rotatable bonds is 2. The SMILES string of the molecule is Cc1cc(Cl)ccc1Oc1cncc(Br)c1. The molecule has 1 aromatic carbocycles. The summed E-state index contributed by atoms with van der Waals surface area (Å²) >= 11 is 9.21. The fraction of sp³-hybridized carbons (Fsp3) is 0.0833. The summed E-state index contributed by atoms with van der Waals surface area (Å²) in [5.74, 6) is 1.48. The highest BCUT2D eigenvalue weighted by atomic mass is 79.9. The minimum absolute atomic E-state index is 0.694. The van der Waals surface area contributed by atoms with Gasteiger partial charge in [0.05, 0.1) is 6.20 Å². The molecular weight excluding hydrogens is 289 g/mol. The minimum Gasteiger partial charge on any atom is -0.455 e. The van der Waals surface area contributed by atoms with Crippen molar-refractivity contribution in [1.82, 2.24) is 4.98 Å². The summed E-state index contributed by atoms with van der Waals surface area (Å²) in [4.78, 5) is 4.03. The first-order valence-corrected chi connectivity index (χ1v) is 5.87. The van der Waals surface area contributed by atoms with Gasteiger partial charge in [-0.3, -0.25) is 4.98 Å². The number of aromatic nitrogens is 1. The van der Waals surface area contributed by atoms with Gasteiger partial charge < -0.3 is 4.74 Å². The van der Waals surface area contributed by atoms with Gasteiger partial charge >= 0.3 is 0 Å². The molecule has 0 radical (unpaired) electrons. The Morgan fingerprint density at radius 2 is 2.06 bits per heavy atom. The van der Waals surface area contributed by atoms with Crippen molar-refractivity contribution in [3.8, 4) is 11.5 Å². The van der Waals surface area contributed by atoms with Gasteiger partial charge in [0.25, 0.3) is 0 Å². The van der Waals surface area contributed by atoms with E-state index in [-0.39, 0.29) is 0 Å². The molecule has 0 bridgehead atoms. The molecule has 2 nitrogen and oxygen atoms in total. The highest BCUT2D eigenvalue weighted by Crippen LogP contribution is 2.27. The van der Waals surface area contributed by atoms with E-state index < -0.39 is 0 Å². The lowest BCUT2D eigenvalue weighted by molar-refractivity contribution is 0.476. The lowest BCUT2D eigenvalue weighted by atomic mass is 10.2. The molecule has 0 aliphatic carbocycles.